The third-order valence-corrected chi connectivity index (χ3v) is 4.79. The van der Waals surface area contributed by atoms with Crippen LogP contribution < -0.4 is 5.32 Å². The summed E-state index contributed by atoms with van der Waals surface area (Å²) in [6.45, 7) is 3.90. The van der Waals surface area contributed by atoms with E-state index >= 15 is 0 Å². The standard InChI is InChI=1S/C13H16BrClN2O3/c1-3-13(4-2,8-14)16-12(18)11-9(15)6-5-7-10(11)17(19)20/h5-7H,3-4,8H2,1-2H3,(H,16,18). The number of hydrogen-bond acceptors (Lipinski definition) is 3. The van der Waals surface area contributed by atoms with Gasteiger partial charge in [0, 0.05) is 16.9 Å². The number of benzene rings is 1. The average molecular weight is 364 g/mol. The second-order valence-corrected chi connectivity index (χ2v) is 5.43. The first kappa shape index (κ1) is 16.9. The number of nitro groups is 1. The summed E-state index contributed by atoms with van der Waals surface area (Å²) in [5, 5.41) is 14.5. The number of nitrogens with zero attached hydrogens (tertiary/aromatic N) is 1. The number of alkyl halides is 1. The Hall–Kier alpha value is -1.14. The van der Waals surface area contributed by atoms with Gasteiger partial charge in [-0.3, -0.25) is 14.9 Å². The number of halogens is 2. The highest BCUT2D eigenvalue weighted by Gasteiger charge is 2.31. The van der Waals surface area contributed by atoms with E-state index in [0.717, 1.165) is 0 Å². The van der Waals surface area contributed by atoms with Gasteiger partial charge in [-0.15, -0.1) is 0 Å². The Balaban J connectivity index is 3.19. The SMILES string of the molecule is CCC(CC)(CBr)NC(=O)c1c(Cl)cccc1[N+](=O)[O-]. The first-order chi connectivity index (χ1) is 9.40. The minimum Gasteiger partial charge on any atom is -0.346 e. The van der Waals surface area contributed by atoms with Crippen molar-refractivity contribution in [2.24, 2.45) is 0 Å². The van der Waals surface area contributed by atoms with Gasteiger partial charge in [-0.25, -0.2) is 0 Å². The van der Waals surface area contributed by atoms with Gasteiger partial charge >= 0.3 is 0 Å². The van der Waals surface area contributed by atoms with Crippen LogP contribution in [0.1, 0.15) is 37.0 Å². The summed E-state index contributed by atoms with van der Waals surface area (Å²) >= 11 is 9.33. The van der Waals surface area contributed by atoms with E-state index in [1.165, 1.54) is 18.2 Å². The molecule has 20 heavy (non-hydrogen) atoms. The van der Waals surface area contributed by atoms with Gasteiger partial charge < -0.3 is 5.32 Å². The van der Waals surface area contributed by atoms with Crippen molar-refractivity contribution >= 4 is 39.1 Å². The van der Waals surface area contributed by atoms with E-state index in [9.17, 15) is 14.9 Å². The summed E-state index contributed by atoms with van der Waals surface area (Å²) in [5.74, 6) is -0.523. The van der Waals surface area contributed by atoms with Gasteiger partial charge in [-0.2, -0.15) is 0 Å². The third-order valence-electron chi connectivity index (χ3n) is 3.40. The van der Waals surface area contributed by atoms with Crippen molar-refractivity contribution in [2.45, 2.75) is 32.2 Å². The molecule has 0 spiro atoms. The van der Waals surface area contributed by atoms with Crippen LogP contribution in [-0.2, 0) is 0 Å². The summed E-state index contributed by atoms with van der Waals surface area (Å²) in [4.78, 5) is 22.8. The third kappa shape index (κ3) is 3.49. The Morgan fingerprint density at radius 2 is 2.05 bits per heavy atom. The minimum absolute atomic E-state index is 0.0763. The smallest absolute Gasteiger partial charge is 0.283 e. The number of nitrogens with one attached hydrogen (secondary N) is 1. The maximum absolute atomic E-state index is 12.4. The van der Waals surface area contributed by atoms with Gasteiger partial charge in [0.05, 0.1) is 9.95 Å². The second kappa shape index (κ2) is 7.04. The molecule has 0 unspecified atom stereocenters. The monoisotopic (exact) mass is 362 g/mol. The number of nitro benzene ring substituents is 1. The summed E-state index contributed by atoms with van der Waals surface area (Å²) in [5.41, 5.74) is -0.818. The molecule has 7 heteroatoms. The Morgan fingerprint density at radius 3 is 2.50 bits per heavy atom. The average Bonchev–Trinajstić information content (AvgIpc) is 2.44. The molecule has 0 aliphatic carbocycles. The zero-order valence-corrected chi connectivity index (χ0v) is 13.6. The van der Waals surface area contributed by atoms with E-state index < -0.39 is 16.4 Å². The van der Waals surface area contributed by atoms with Crippen molar-refractivity contribution in [3.63, 3.8) is 0 Å². The van der Waals surface area contributed by atoms with Crippen LogP contribution in [0.3, 0.4) is 0 Å². The Labute approximate surface area is 131 Å². The van der Waals surface area contributed by atoms with E-state index in [1.54, 1.807) is 0 Å². The van der Waals surface area contributed by atoms with Crippen LogP contribution in [0.25, 0.3) is 0 Å². The van der Waals surface area contributed by atoms with E-state index in [0.29, 0.717) is 18.2 Å². The van der Waals surface area contributed by atoms with Crippen molar-refractivity contribution in [1.82, 2.24) is 5.32 Å². The molecule has 1 aromatic carbocycles. The fourth-order valence-corrected chi connectivity index (χ4v) is 3.03. The number of rotatable bonds is 6. The molecule has 1 amide bonds. The first-order valence-corrected chi connectivity index (χ1v) is 7.72. The molecule has 0 saturated heterocycles. The molecule has 0 heterocycles. The van der Waals surface area contributed by atoms with Crippen LogP contribution in [-0.4, -0.2) is 21.7 Å². The molecule has 0 radical (unpaired) electrons. The lowest BCUT2D eigenvalue weighted by Gasteiger charge is -2.30. The summed E-state index contributed by atoms with van der Waals surface area (Å²) in [7, 11) is 0. The number of amides is 1. The van der Waals surface area contributed by atoms with Crippen LogP contribution in [0.4, 0.5) is 5.69 Å². The highest BCUT2D eigenvalue weighted by molar-refractivity contribution is 9.09. The second-order valence-electron chi connectivity index (χ2n) is 4.47. The minimum atomic E-state index is -0.603. The maximum Gasteiger partial charge on any atom is 0.283 e. The van der Waals surface area contributed by atoms with Crippen LogP contribution in [0.2, 0.25) is 5.02 Å². The van der Waals surface area contributed by atoms with Crippen LogP contribution in [0.5, 0.6) is 0 Å². The van der Waals surface area contributed by atoms with Crippen LogP contribution >= 0.6 is 27.5 Å². The number of hydrogen-bond donors (Lipinski definition) is 1. The van der Waals surface area contributed by atoms with Crippen LogP contribution in [0.15, 0.2) is 18.2 Å². The van der Waals surface area contributed by atoms with Gasteiger partial charge in [0.25, 0.3) is 11.6 Å². The molecule has 0 fully saturated rings. The zero-order chi connectivity index (χ0) is 15.3. The van der Waals surface area contributed by atoms with Crippen molar-refractivity contribution in [3.05, 3.63) is 38.9 Å². The Bertz CT molecular complexity index is 510. The summed E-state index contributed by atoms with van der Waals surface area (Å²) < 4.78 is 0. The largest absolute Gasteiger partial charge is 0.346 e. The quantitative estimate of drug-likeness (QED) is 0.473. The normalized spacial score (nSPS) is 11.2. The summed E-state index contributed by atoms with van der Waals surface area (Å²) in [6, 6.07) is 4.19. The molecule has 1 rings (SSSR count). The highest BCUT2D eigenvalue weighted by Crippen LogP contribution is 2.28. The van der Waals surface area contributed by atoms with Gasteiger partial charge in [0.15, 0.2) is 0 Å². The van der Waals surface area contributed by atoms with Gasteiger partial charge in [-0.05, 0) is 18.9 Å². The number of carbonyl (C=O) groups is 1. The van der Waals surface area contributed by atoms with E-state index in [-0.39, 0.29) is 16.3 Å². The number of carbonyl (C=O) groups excluding carboxylic acids is 1. The van der Waals surface area contributed by atoms with E-state index in [4.69, 9.17) is 11.6 Å². The zero-order valence-electron chi connectivity index (χ0n) is 11.3. The lowest BCUT2D eigenvalue weighted by Crippen LogP contribution is -2.49. The van der Waals surface area contributed by atoms with Gasteiger partial charge in [0.2, 0.25) is 0 Å². The van der Waals surface area contributed by atoms with Crippen molar-refractivity contribution in [1.29, 1.82) is 0 Å². The molecule has 5 nitrogen and oxygen atoms in total. The molecule has 0 bridgehead atoms. The van der Waals surface area contributed by atoms with Crippen LogP contribution in [0, 0.1) is 10.1 Å². The fourth-order valence-electron chi connectivity index (χ4n) is 1.84. The van der Waals surface area contributed by atoms with E-state index in [2.05, 4.69) is 21.2 Å². The molecule has 0 saturated carbocycles. The summed E-state index contributed by atoms with van der Waals surface area (Å²) in [6.07, 6.45) is 1.41. The fraction of sp³-hybridized carbons (Fsp3) is 0.462. The predicted molar refractivity (Wildman–Crippen MR) is 82.7 cm³/mol. The van der Waals surface area contributed by atoms with Crippen molar-refractivity contribution in [2.75, 3.05) is 5.33 Å². The molecule has 0 atom stereocenters. The molecule has 0 aromatic heterocycles. The molecule has 0 aliphatic rings. The van der Waals surface area contributed by atoms with Crippen molar-refractivity contribution < 1.29 is 9.72 Å². The Morgan fingerprint density at radius 1 is 1.45 bits per heavy atom. The van der Waals surface area contributed by atoms with Gasteiger partial charge in [-0.1, -0.05) is 47.4 Å². The molecular formula is C13H16BrClN2O3. The molecule has 110 valence electrons. The lowest BCUT2D eigenvalue weighted by molar-refractivity contribution is -0.385. The molecular weight excluding hydrogens is 348 g/mol. The highest BCUT2D eigenvalue weighted by atomic mass is 79.9. The maximum atomic E-state index is 12.4. The topological polar surface area (TPSA) is 72.2 Å². The Kier molecular flexibility index (Phi) is 5.95. The lowest BCUT2D eigenvalue weighted by atomic mass is 9.95. The molecule has 1 aromatic rings. The molecule has 0 aliphatic heterocycles. The van der Waals surface area contributed by atoms with Crippen molar-refractivity contribution in [3.8, 4) is 0 Å². The predicted octanol–water partition coefficient (Wildman–Crippen LogP) is 3.93. The molecule has 1 N–H and O–H groups in total. The van der Waals surface area contributed by atoms with Gasteiger partial charge in [0.1, 0.15) is 5.56 Å². The van der Waals surface area contributed by atoms with E-state index in [1.807, 2.05) is 13.8 Å². The first-order valence-electron chi connectivity index (χ1n) is 6.22.